The molecule has 0 unspecified atom stereocenters. The van der Waals surface area contributed by atoms with Crippen LogP contribution in [-0.4, -0.2) is 0 Å². The van der Waals surface area contributed by atoms with E-state index < -0.39 is 0 Å². The van der Waals surface area contributed by atoms with Gasteiger partial charge >= 0.3 is 0 Å². The van der Waals surface area contributed by atoms with Gasteiger partial charge in [-0.15, -0.1) is 11.3 Å². The van der Waals surface area contributed by atoms with E-state index in [1.54, 1.807) is 0 Å². The van der Waals surface area contributed by atoms with Gasteiger partial charge in [-0.25, -0.2) is 0 Å². The third-order valence-corrected chi connectivity index (χ3v) is 4.09. The van der Waals surface area contributed by atoms with Crippen molar-refractivity contribution in [3.05, 3.63) is 32.1 Å². The second kappa shape index (κ2) is 8.46. The van der Waals surface area contributed by atoms with Gasteiger partial charge < -0.3 is 0 Å². The summed E-state index contributed by atoms with van der Waals surface area (Å²) in [5.41, 5.74) is 0.196. The molecule has 17 heavy (non-hydrogen) atoms. The van der Waals surface area contributed by atoms with Gasteiger partial charge in [0, 0.05) is 9.75 Å². The van der Waals surface area contributed by atoms with Crippen molar-refractivity contribution in [2.45, 2.75) is 65.2 Å². The third kappa shape index (κ3) is 6.02. The maximum absolute atomic E-state index is 11.6. The van der Waals surface area contributed by atoms with E-state index in [4.69, 9.17) is 0 Å². The second-order valence-electron chi connectivity index (χ2n) is 4.64. The lowest BCUT2D eigenvalue weighted by Crippen LogP contribution is -2.01. The van der Waals surface area contributed by atoms with Crippen molar-refractivity contribution in [3.8, 4) is 0 Å². The van der Waals surface area contributed by atoms with Gasteiger partial charge in [-0.3, -0.25) is 4.79 Å². The van der Waals surface area contributed by atoms with E-state index in [0.29, 0.717) is 0 Å². The largest absolute Gasteiger partial charge is 0.290 e. The van der Waals surface area contributed by atoms with Crippen molar-refractivity contribution in [2.24, 2.45) is 0 Å². The van der Waals surface area contributed by atoms with Gasteiger partial charge in [0.2, 0.25) is 0 Å². The normalized spacial score (nSPS) is 10.7. The van der Waals surface area contributed by atoms with Gasteiger partial charge in [-0.2, -0.15) is 0 Å². The smallest absolute Gasteiger partial charge is 0.180 e. The van der Waals surface area contributed by atoms with Gasteiger partial charge in [0.1, 0.15) is 0 Å². The zero-order valence-corrected chi connectivity index (χ0v) is 11.9. The number of rotatable bonds is 8. The van der Waals surface area contributed by atoms with E-state index >= 15 is 0 Å². The summed E-state index contributed by atoms with van der Waals surface area (Å²) in [7, 11) is 0. The quantitative estimate of drug-likeness (QED) is 0.619. The maximum Gasteiger partial charge on any atom is 0.180 e. The number of aryl methyl sites for hydroxylation is 2. The van der Waals surface area contributed by atoms with Crippen LogP contribution in [0, 0.1) is 0 Å². The van der Waals surface area contributed by atoms with Gasteiger partial charge in [0.25, 0.3) is 0 Å². The highest BCUT2D eigenvalue weighted by atomic mass is 32.1. The topological polar surface area (TPSA) is 17.1 Å². The molecule has 1 aromatic rings. The fourth-order valence-electron chi connectivity index (χ4n) is 1.93. The summed E-state index contributed by atoms with van der Waals surface area (Å²) < 4.78 is 0. The lowest BCUT2D eigenvalue weighted by Gasteiger charge is -2.03. The first-order valence-electron chi connectivity index (χ1n) is 6.89. The molecule has 0 aromatic carbocycles. The molecule has 0 spiro atoms. The summed E-state index contributed by atoms with van der Waals surface area (Å²) in [4.78, 5) is 14.1. The average Bonchev–Trinajstić information content (AvgIpc) is 2.29. The lowest BCUT2D eigenvalue weighted by molar-refractivity contribution is 0.718. The molecular formula is C15H24OS. The van der Waals surface area contributed by atoms with Crippen LogP contribution in [0.2, 0.25) is 0 Å². The molecule has 0 N–H and O–H groups in total. The summed E-state index contributed by atoms with van der Waals surface area (Å²) in [6.45, 7) is 4.42. The molecule has 1 heterocycles. The Balaban J connectivity index is 2.56. The van der Waals surface area contributed by atoms with Crippen molar-refractivity contribution >= 4 is 11.3 Å². The monoisotopic (exact) mass is 252 g/mol. The Kier molecular flexibility index (Phi) is 7.18. The third-order valence-electron chi connectivity index (χ3n) is 2.92. The minimum Gasteiger partial charge on any atom is -0.290 e. The highest BCUT2D eigenvalue weighted by Crippen LogP contribution is 2.16. The molecule has 0 aliphatic heterocycles. The molecule has 0 atom stereocenters. The van der Waals surface area contributed by atoms with E-state index in [2.05, 4.69) is 13.8 Å². The predicted octanol–water partition coefficient (Wildman–Crippen LogP) is 4.57. The van der Waals surface area contributed by atoms with Crippen LogP contribution in [0.15, 0.2) is 16.9 Å². The molecule has 0 saturated carbocycles. The molecule has 0 radical (unpaired) electrons. The van der Waals surface area contributed by atoms with Crippen LogP contribution in [0.4, 0.5) is 0 Å². The van der Waals surface area contributed by atoms with Gasteiger partial charge in [-0.1, -0.05) is 39.5 Å². The SMILES string of the molecule is CCCCCc1cc(=O)cc(CCCCC)s1. The summed E-state index contributed by atoms with van der Waals surface area (Å²) in [5, 5.41) is 0. The predicted molar refractivity (Wildman–Crippen MR) is 77.0 cm³/mol. The molecule has 96 valence electrons. The van der Waals surface area contributed by atoms with Gasteiger partial charge in [0.15, 0.2) is 5.43 Å². The van der Waals surface area contributed by atoms with Crippen LogP contribution in [0.1, 0.15) is 62.1 Å². The Morgan fingerprint density at radius 1 is 0.882 bits per heavy atom. The zero-order chi connectivity index (χ0) is 12.5. The summed E-state index contributed by atoms with van der Waals surface area (Å²) in [6.07, 6.45) is 9.60. The van der Waals surface area contributed by atoms with E-state index in [0.717, 1.165) is 12.8 Å². The van der Waals surface area contributed by atoms with Crippen molar-refractivity contribution in [2.75, 3.05) is 0 Å². The Labute approximate surface area is 109 Å². The first-order valence-corrected chi connectivity index (χ1v) is 7.70. The highest BCUT2D eigenvalue weighted by molar-refractivity contribution is 7.11. The van der Waals surface area contributed by atoms with Crippen LogP contribution in [0.5, 0.6) is 0 Å². The molecular weight excluding hydrogens is 228 g/mol. The molecule has 0 fully saturated rings. The maximum atomic E-state index is 11.6. The Bertz CT molecular complexity index is 336. The number of unbranched alkanes of at least 4 members (excludes halogenated alkanes) is 4. The molecule has 0 amide bonds. The molecule has 0 bridgehead atoms. The van der Waals surface area contributed by atoms with Crippen LogP contribution >= 0.6 is 11.3 Å². The molecule has 0 aliphatic carbocycles. The Morgan fingerprint density at radius 2 is 1.35 bits per heavy atom. The zero-order valence-electron chi connectivity index (χ0n) is 11.1. The van der Waals surface area contributed by atoms with E-state index in [-0.39, 0.29) is 5.43 Å². The van der Waals surface area contributed by atoms with Crippen LogP contribution < -0.4 is 5.43 Å². The fourth-order valence-corrected chi connectivity index (χ4v) is 3.11. The molecule has 2 heteroatoms. The van der Waals surface area contributed by atoms with Crippen molar-refractivity contribution < 1.29 is 0 Å². The first kappa shape index (κ1) is 14.4. The molecule has 1 rings (SSSR count). The minimum atomic E-state index is 0.196. The summed E-state index contributed by atoms with van der Waals surface area (Å²) in [6, 6.07) is 3.65. The van der Waals surface area contributed by atoms with E-state index in [1.165, 1.54) is 48.3 Å². The average molecular weight is 252 g/mol. The molecule has 0 saturated heterocycles. The first-order chi connectivity index (χ1) is 8.26. The molecule has 1 nitrogen and oxygen atoms in total. The van der Waals surface area contributed by atoms with Gasteiger partial charge in [-0.05, 0) is 37.8 Å². The van der Waals surface area contributed by atoms with Crippen molar-refractivity contribution in [1.29, 1.82) is 0 Å². The molecule has 0 aliphatic rings. The van der Waals surface area contributed by atoms with E-state index in [1.807, 2.05) is 23.5 Å². The van der Waals surface area contributed by atoms with Crippen LogP contribution in [-0.2, 0) is 12.8 Å². The highest BCUT2D eigenvalue weighted by Gasteiger charge is 2.01. The Morgan fingerprint density at radius 3 is 1.76 bits per heavy atom. The van der Waals surface area contributed by atoms with Gasteiger partial charge in [0.05, 0.1) is 0 Å². The summed E-state index contributed by atoms with van der Waals surface area (Å²) in [5.74, 6) is 0. The minimum absolute atomic E-state index is 0.196. The van der Waals surface area contributed by atoms with Crippen LogP contribution in [0.3, 0.4) is 0 Å². The number of hydrogen-bond donors (Lipinski definition) is 0. The standard InChI is InChI=1S/C15H24OS/c1-3-5-7-9-14-11-13(16)12-15(17-14)10-8-6-4-2/h11-12H,3-10H2,1-2H3. The van der Waals surface area contributed by atoms with E-state index in [9.17, 15) is 4.79 Å². The lowest BCUT2D eigenvalue weighted by atomic mass is 10.1. The summed E-state index contributed by atoms with van der Waals surface area (Å²) >= 11 is 1.84. The fraction of sp³-hybridized carbons (Fsp3) is 0.667. The second-order valence-corrected chi connectivity index (χ2v) is 5.89. The Hall–Kier alpha value is -0.630. The number of hydrogen-bond acceptors (Lipinski definition) is 2. The van der Waals surface area contributed by atoms with Crippen molar-refractivity contribution in [3.63, 3.8) is 0 Å². The van der Waals surface area contributed by atoms with Crippen molar-refractivity contribution in [1.82, 2.24) is 0 Å². The van der Waals surface area contributed by atoms with Crippen LogP contribution in [0.25, 0.3) is 0 Å². The molecule has 1 aromatic heterocycles.